The summed E-state index contributed by atoms with van der Waals surface area (Å²) in [5.41, 5.74) is 6.86. The molecule has 0 unspecified atom stereocenters. The van der Waals surface area contributed by atoms with E-state index in [0.29, 0.717) is 54.2 Å². The summed E-state index contributed by atoms with van der Waals surface area (Å²) in [6.07, 6.45) is 4.45. The zero-order valence-corrected chi connectivity index (χ0v) is 24.1. The highest BCUT2D eigenvalue weighted by atomic mass is 19.1. The van der Waals surface area contributed by atoms with E-state index in [4.69, 9.17) is 15.6 Å². The number of nitriles is 1. The zero-order chi connectivity index (χ0) is 30.0. The van der Waals surface area contributed by atoms with E-state index in [-0.39, 0.29) is 28.9 Å². The Kier molecular flexibility index (Phi) is 7.91. The van der Waals surface area contributed by atoms with Crippen molar-refractivity contribution in [3.05, 3.63) is 72.3 Å². The maximum Gasteiger partial charge on any atom is 0.264 e. The highest BCUT2D eigenvalue weighted by Gasteiger charge is 2.31. The average molecular weight is 569 g/mol. The summed E-state index contributed by atoms with van der Waals surface area (Å²) in [6, 6.07) is 15.5. The molecule has 2 aromatic heterocycles. The number of carbonyl (C=O) groups excluding carboxylic acids is 1. The smallest absolute Gasteiger partial charge is 0.264 e. The largest absolute Gasteiger partial charge is 0.457 e. The lowest BCUT2D eigenvalue weighted by Gasteiger charge is -2.34. The van der Waals surface area contributed by atoms with Crippen molar-refractivity contribution in [3.63, 3.8) is 0 Å². The second-order valence-electron chi connectivity index (χ2n) is 11.1. The van der Waals surface area contributed by atoms with Gasteiger partial charge in [-0.2, -0.15) is 10.4 Å². The Balaban J connectivity index is 1.48. The minimum atomic E-state index is -0.536. The first kappa shape index (κ1) is 28.7. The summed E-state index contributed by atoms with van der Waals surface area (Å²) in [6.45, 7) is 4.71. The van der Waals surface area contributed by atoms with Gasteiger partial charge in [0.15, 0.2) is 5.65 Å². The zero-order valence-electron chi connectivity index (χ0n) is 24.1. The number of likely N-dealkylation sites (tertiary alicyclic amines) is 1. The molecule has 1 amide bonds. The van der Waals surface area contributed by atoms with E-state index in [2.05, 4.69) is 16.0 Å². The number of para-hydroxylation sites is 1. The summed E-state index contributed by atoms with van der Waals surface area (Å²) < 4.78 is 23.0. The van der Waals surface area contributed by atoms with Crippen LogP contribution in [0.1, 0.15) is 32.7 Å². The van der Waals surface area contributed by atoms with Gasteiger partial charge < -0.3 is 20.3 Å². The van der Waals surface area contributed by atoms with Gasteiger partial charge in [-0.3, -0.25) is 4.79 Å². The van der Waals surface area contributed by atoms with Crippen LogP contribution in [0.5, 0.6) is 11.5 Å². The molecule has 1 fully saturated rings. The SMILES string of the molecule is CN(C)C(C)(C)/C=C(/C#N)C(=O)N1CCC[C@H](n2nc(-c3ccc(Oc4ccccc4)cc3F)c3c(N)ncnc32)C1. The van der Waals surface area contributed by atoms with Crippen molar-refractivity contribution in [1.82, 2.24) is 29.5 Å². The second-order valence-corrected chi connectivity index (χ2v) is 11.1. The number of hydrogen-bond acceptors (Lipinski definition) is 8. The molecule has 216 valence electrons. The van der Waals surface area contributed by atoms with E-state index in [0.717, 1.165) is 0 Å². The number of nitrogens with zero attached hydrogens (tertiary/aromatic N) is 7. The summed E-state index contributed by atoms with van der Waals surface area (Å²) in [4.78, 5) is 25.6. The molecule has 4 aromatic rings. The molecule has 5 rings (SSSR count). The van der Waals surface area contributed by atoms with Crippen LogP contribution in [-0.2, 0) is 4.79 Å². The molecule has 3 heterocycles. The number of nitrogen functional groups attached to an aromatic ring is 1. The van der Waals surface area contributed by atoms with Gasteiger partial charge in [-0.25, -0.2) is 19.0 Å². The van der Waals surface area contributed by atoms with Gasteiger partial charge in [-0.15, -0.1) is 0 Å². The predicted octanol–water partition coefficient (Wildman–Crippen LogP) is 4.96. The third-order valence-corrected chi connectivity index (χ3v) is 7.72. The van der Waals surface area contributed by atoms with Crippen LogP contribution in [0.3, 0.4) is 0 Å². The third kappa shape index (κ3) is 5.66. The van der Waals surface area contributed by atoms with E-state index in [1.807, 2.05) is 51.0 Å². The number of aromatic nitrogens is 4. The molecule has 0 aliphatic carbocycles. The molecule has 10 nitrogen and oxygen atoms in total. The van der Waals surface area contributed by atoms with Crippen molar-refractivity contribution >= 4 is 22.8 Å². The number of piperidine rings is 1. The normalized spacial score (nSPS) is 16.1. The van der Waals surface area contributed by atoms with Crippen LogP contribution in [0.2, 0.25) is 0 Å². The van der Waals surface area contributed by atoms with Gasteiger partial charge in [0.05, 0.1) is 11.4 Å². The minimum Gasteiger partial charge on any atom is -0.457 e. The molecule has 1 aliphatic rings. The van der Waals surface area contributed by atoms with Crippen LogP contribution in [0.15, 0.2) is 66.5 Å². The maximum absolute atomic E-state index is 15.5. The van der Waals surface area contributed by atoms with Gasteiger partial charge in [0.2, 0.25) is 0 Å². The van der Waals surface area contributed by atoms with E-state index in [9.17, 15) is 10.1 Å². The summed E-state index contributed by atoms with van der Waals surface area (Å²) >= 11 is 0. The van der Waals surface area contributed by atoms with E-state index >= 15 is 4.39 Å². The monoisotopic (exact) mass is 568 g/mol. The summed E-state index contributed by atoms with van der Waals surface area (Å²) in [5.74, 6) is 0.243. The topological polar surface area (TPSA) is 126 Å². The number of benzene rings is 2. The quantitative estimate of drug-likeness (QED) is 0.245. The highest BCUT2D eigenvalue weighted by Crippen LogP contribution is 2.36. The lowest BCUT2D eigenvalue weighted by molar-refractivity contribution is -0.128. The summed E-state index contributed by atoms with van der Waals surface area (Å²) in [5, 5.41) is 15.0. The lowest BCUT2D eigenvalue weighted by Crippen LogP contribution is -2.43. The van der Waals surface area contributed by atoms with Gasteiger partial charge in [0.1, 0.15) is 46.8 Å². The van der Waals surface area contributed by atoms with Crippen LogP contribution in [0.25, 0.3) is 22.3 Å². The lowest BCUT2D eigenvalue weighted by atomic mass is 9.98. The second kappa shape index (κ2) is 11.6. The third-order valence-electron chi connectivity index (χ3n) is 7.72. The summed E-state index contributed by atoms with van der Waals surface area (Å²) in [7, 11) is 3.79. The molecule has 0 radical (unpaired) electrons. The van der Waals surface area contributed by atoms with Crippen molar-refractivity contribution < 1.29 is 13.9 Å². The molecule has 0 saturated carbocycles. The van der Waals surface area contributed by atoms with Crippen molar-refractivity contribution in [2.24, 2.45) is 0 Å². The molecule has 2 N–H and O–H groups in total. The van der Waals surface area contributed by atoms with Crippen molar-refractivity contribution in [3.8, 4) is 28.8 Å². The standard InChI is InChI=1S/C31H33FN8O2/c1-31(2,38(3)4)16-20(17-33)30(41)39-14-8-9-21(18-39)40-29-26(28(34)35-19-36-29)27(37-40)24-13-12-23(15-25(24)32)42-22-10-6-5-7-11-22/h5-7,10-13,15-16,19,21H,8-9,14,18H2,1-4H3,(H2,34,35,36)/b20-16-/t21-/m0/s1. The Labute approximate surface area is 243 Å². The van der Waals surface area contributed by atoms with Gasteiger partial charge in [-0.1, -0.05) is 18.2 Å². The van der Waals surface area contributed by atoms with Crippen LogP contribution in [0.4, 0.5) is 10.2 Å². The Morgan fingerprint density at radius 1 is 1.19 bits per heavy atom. The van der Waals surface area contributed by atoms with Crippen molar-refractivity contribution in [1.29, 1.82) is 5.26 Å². The Morgan fingerprint density at radius 2 is 1.95 bits per heavy atom. The molecular weight excluding hydrogens is 535 g/mol. The van der Waals surface area contributed by atoms with Crippen LogP contribution in [-0.4, -0.2) is 68.2 Å². The molecular formula is C31H33FN8O2. The fourth-order valence-electron chi connectivity index (χ4n) is 4.95. The van der Waals surface area contributed by atoms with Gasteiger partial charge in [-0.05, 0) is 71.1 Å². The van der Waals surface area contributed by atoms with Crippen molar-refractivity contribution in [2.75, 3.05) is 32.9 Å². The number of halogens is 1. The molecule has 1 saturated heterocycles. The number of amides is 1. The highest BCUT2D eigenvalue weighted by molar-refractivity contribution is 5.99. The van der Waals surface area contributed by atoms with Gasteiger partial charge in [0.25, 0.3) is 5.91 Å². The van der Waals surface area contributed by atoms with Crippen LogP contribution < -0.4 is 10.5 Å². The van der Waals surface area contributed by atoms with E-state index in [1.54, 1.807) is 39.9 Å². The number of hydrogen-bond donors (Lipinski definition) is 1. The predicted molar refractivity (Wildman–Crippen MR) is 158 cm³/mol. The fourth-order valence-corrected chi connectivity index (χ4v) is 4.95. The molecule has 1 aliphatic heterocycles. The molecule has 2 aromatic carbocycles. The molecule has 1 atom stereocenters. The van der Waals surface area contributed by atoms with E-state index < -0.39 is 11.4 Å². The first-order valence-electron chi connectivity index (χ1n) is 13.7. The fraction of sp³-hybridized carbons (Fsp3) is 0.323. The van der Waals surface area contributed by atoms with Crippen LogP contribution in [0, 0.1) is 17.1 Å². The number of carbonyl (C=O) groups is 1. The van der Waals surface area contributed by atoms with E-state index in [1.165, 1.54) is 12.4 Å². The number of anilines is 1. The van der Waals surface area contributed by atoms with Crippen molar-refractivity contribution in [2.45, 2.75) is 38.3 Å². The molecule has 42 heavy (non-hydrogen) atoms. The molecule has 11 heteroatoms. The Morgan fingerprint density at radius 3 is 2.64 bits per heavy atom. The molecule has 0 bridgehead atoms. The maximum atomic E-state index is 15.5. The first-order chi connectivity index (χ1) is 20.1. The number of fused-ring (bicyclic) bond motifs is 1. The minimum absolute atomic E-state index is 0.0896. The number of rotatable bonds is 7. The number of nitrogens with two attached hydrogens (primary N) is 1. The van der Waals surface area contributed by atoms with Gasteiger partial charge >= 0.3 is 0 Å². The average Bonchev–Trinajstić information content (AvgIpc) is 3.37. The van der Waals surface area contributed by atoms with Crippen LogP contribution >= 0.6 is 0 Å². The Bertz CT molecular complexity index is 1690. The van der Waals surface area contributed by atoms with Gasteiger partial charge in [0, 0.05) is 30.3 Å². The Hall–Kier alpha value is -4.82. The number of ether oxygens (including phenoxy) is 1. The number of likely N-dealkylation sites (N-methyl/N-ethyl adjacent to an activating group) is 1. The molecule has 0 spiro atoms. The first-order valence-corrected chi connectivity index (χ1v) is 13.7.